The lowest BCUT2D eigenvalue weighted by Gasteiger charge is -2.09. The van der Waals surface area contributed by atoms with Crippen molar-refractivity contribution in [2.24, 2.45) is 5.73 Å². The molecule has 0 aliphatic carbocycles. The molecule has 1 heterocycles. The van der Waals surface area contributed by atoms with Gasteiger partial charge >= 0.3 is 0 Å². The standard InChI is InChI=1S/C12H13NO/c1-9-3-2-4-10(7-9)12(13)11-5-6-14-8-11/h2-8,12H,13H2,1H3. The van der Waals surface area contributed by atoms with Crippen LogP contribution in [-0.4, -0.2) is 0 Å². The van der Waals surface area contributed by atoms with E-state index in [1.807, 2.05) is 18.2 Å². The molecule has 0 amide bonds. The van der Waals surface area contributed by atoms with E-state index in [0.29, 0.717) is 0 Å². The Hall–Kier alpha value is -1.54. The third kappa shape index (κ3) is 1.70. The zero-order valence-corrected chi connectivity index (χ0v) is 8.10. The number of hydrogen-bond donors (Lipinski definition) is 1. The quantitative estimate of drug-likeness (QED) is 0.785. The maximum atomic E-state index is 6.07. The van der Waals surface area contributed by atoms with Gasteiger partial charge in [0.05, 0.1) is 18.6 Å². The molecule has 1 aromatic carbocycles. The van der Waals surface area contributed by atoms with Crippen molar-refractivity contribution >= 4 is 0 Å². The second-order valence-corrected chi connectivity index (χ2v) is 3.45. The summed E-state index contributed by atoms with van der Waals surface area (Å²) in [6, 6.07) is 10.0. The molecule has 0 bridgehead atoms. The number of benzene rings is 1. The van der Waals surface area contributed by atoms with Crippen LogP contribution in [0.15, 0.2) is 47.3 Å². The van der Waals surface area contributed by atoms with E-state index in [1.54, 1.807) is 12.5 Å². The summed E-state index contributed by atoms with van der Waals surface area (Å²) in [4.78, 5) is 0. The predicted molar refractivity (Wildman–Crippen MR) is 55.9 cm³/mol. The van der Waals surface area contributed by atoms with E-state index in [1.165, 1.54) is 5.56 Å². The van der Waals surface area contributed by atoms with E-state index < -0.39 is 0 Å². The number of hydrogen-bond acceptors (Lipinski definition) is 2. The molecular weight excluding hydrogens is 174 g/mol. The van der Waals surface area contributed by atoms with Crippen LogP contribution in [0.3, 0.4) is 0 Å². The average molecular weight is 187 g/mol. The van der Waals surface area contributed by atoms with Crippen molar-refractivity contribution in [3.05, 3.63) is 59.5 Å². The molecule has 2 aromatic rings. The third-order valence-corrected chi connectivity index (χ3v) is 2.30. The van der Waals surface area contributed by atoms with Crippen molar-refractivity contribution in [2.45, 2.75) is 13.0 Å². The van der Waals surface area contributed by atoms with Crippen LogP contribution >= 0.6 is 0 Å². The molecule has 2 nitrogen and oxygen atoms in total. The van der Waals surface area contributed by atoms with Crippen LogP contribution in [0, 0.1) is 6.92 Å². The summed E-state index contributed by atoms with van der Waals surface area (Å²) in [6.07, 6.45) is 3.33. The van der Waals surface area contributed by atoms with Crippen LogP contribution in [0.1, 0.15) is 22.7 Å². The molecule has 0 aliphatic rings. The topological polar surface area (TPSA) is 39.2 Å². The summed E-state index contributed by atoms with van der Waals surface area (Å²) < 4.78 is 5.01. The fraction of sp³-hybridized carbons (Fsp3) is 0.167. The van der Waals surface area contributed by atoms with Gasteiger partial charge in [-0.05, 0) is 18.6 Å². The highest BCUT2D eigenvalue weighted by atomic mass is 16.3. The summed E-state index contributed by atoms with van der Waals surface area (Å²) in [7, 11) is 0. The van der Waals surface area contributed by atoms with Crippen LogP contribution in [0.4, 0.5) is 0 Å². The normalized spacial score (nSPS) is 12.7. The van der Waals surface area contributed by atoms with Gasteiger partial charge in [0.15, 0.2) is 0 Å². The Morgan fingerprint density at radius 3 is 2.71 bits per heavy atom. The highest BCUT2D eigenvalue weighted by Crippen LogP contribution is 2.20. The van der Waals surface area contributed by atoms with Gasteiger partial charge in [0.25, 0.3) is 0 Å². The number of rotatable bonds is 2. The maximum Gasteiger partial charge on any atom is 0.0953 e. The average Bonchev–Trinajstić information content (AvgIpc) is 2.69. The summed E-state index contributed by atoms with van der Waals surface area (Å²) in [5, 5.41) is 0. The molecule has 1 aromatic heterocycles. The number of aryl methyl sites for hydroxylation is 1. The second-order valence-electron chi connectivity index (χ2n) is 3.45. The van der Waals surface area contributed by atoms with Gasteiger partial charge in [-0.15, -0.1) is 0 Å². The molecule has 0 saturated carbocycles. The van der Waals surface area contributed by atoms with Crippen molar-refractivity contribution in [3.8, 4) is 0 Å². The van der Waals surface area contributed by atoms with Gasteiger partial charge in [-0.2, -0.15) is 0 Å². The van der Waals surface area contributed by atoms with Crippen molar-refractivity contribution in [1.82, 2.24) is 0 Å². The van der Waals surface area contributed by atoms with Crippen LogP contribution in [0.2, 0.25) is 0 Å². The van der Waals surface area contributed by atoms with Gasteiger partial charge < -0.3 is 10.2 Å². The first-order valence-electron chi connectivity index (χ1n) is 4.61. The molecule has 2 N–H and O–H groups in total. The fourth-order valence-electron chi connectivity index (χ4n) is 1.51. The Kier molecular flexibility index (Phi) is 2.37. The molecule has 0 fully saturated rings. The van der Waals surface area contributed by atoms with Crippen LogP contribution in [0.25, 0.3) is 0 Å². The van der Waals surface area contributed by atoms with E-state index in [0.717, 1.165) is 11.1 Å². The Bertz CT molecular complexity index is 406. The molecule has 14 heavy (non-hydrogen) atoms. The first-order chi connectivity index (χ1) is 6.77. The van der Waals surface area contributed by atoms with Gasteiger partial charge in [0.2, 0.25) is 0 Å². The van der Waals surface area contributed by atoms with E-state index in [-0.39, 0.29) is 6.04 Å². The minimum absolute atomic E-state index is 0.0892. The van der Waals surface area contributed by atoms with E-state index in [4.69, 9.17) is 10.2 Å². The fourth-order valence-corrected chi connectivity index (χ4v) is 1.51. The first-order valence-corrected chi connectivity index (χ1v) is 4.61. The summed E-state index contributed by atoms with van der Waals surface area (Å²) in [5.74, 6) is 0. The highest BCUT2D eigenvalue weighted by Gasteiger charge is 2.09. The zero-order valence-electron chi connectivity index (χ0n) is 8.10. The first kappa shape index (κ1) is 9.03. The van der Waals surface area contributed by atoms with Crippen LogP contribution in [-0.2, 0) is 0 Å². The second kappa shape index (κ2) is 3.68. The van der Waals surface area contributed by atoms with Crippen molar-refractivity contribution < 1.29 is 4.42 Å². The minimum Gasteiger partial charge on any atom is -0.472 e. The SMILES string of the molecule is Cc1cccc(C(N)c2ccoc2)c1. The van der Waals surface area contributed by atoms with Gasteiger partial charge in [-0.1, -0.05) is 29.8 Å². The molecule has 72 valence electrons. The van der Waals surface area contributed by atoms with Crippen LogP contribution < -0.4 is 5.73 Å². The molecule has 1 atom stereocenters. The zero-order chi connectivity index (χ0) is 9.97. The Morgan fingerprint density at radius 2 is 2.07 bits per heavy atom. The van der Waals surface area contributed by atoms with Gasteiger partial charge in [0.1, 0.15) is 0 Å². The molecule has 2 rings (SSSR count). The molecular formula is C12H13NO. The maximum absolute atomic E-state index is 6.07. The summed E-state index contributed by atoms with van der Waals surface area (Å²) in [5.41, 5.74) is 9.42. The molecule has 0 aliphatic heterocycles. The molecule has 1 unspecified atom stereocenters. The monoisotopic (exact) mass is 187 g/mol. The molecule has 0 radical (unpaired) electrons. The Morgan fingerprint density at radius 1 is 1.21 bits per heavy atom. The van der Waals surface area contributed by atoms with Crippen molar-refractivity contribution in [1.29, 1.82) is 0 Å². The predicted octanol–water partition coefficient (Wildman–Crippen LogP) is 2.64. The van der Waals surface area contributed by atoms with Gasteiger partial charge in [0, 0.05) is 5.56 Å². The molecule has 0 saturated heterocycles. The Balaban J connectivity index is 2.32. The number of nitrogens with two attached hydrogens (primary N) is 1. The lowest BCUT2D eigenvalue weighted by Crippen LogP contribution is -2.10. The van der Waals surface area contributed by atoms with E-state index >= 15 is 0 Å². The van der Waals surface area contributed by atoms with Crippen LogP contribution in [0.5, 0.6) is 0 Å². The van der Waals surface area contributed by atoms with E-state index in [2.05, 4.69) is 19.1 Å². The largest absolute Gasteiger partial charge is 0.472 e. The van der Waals surface area contributed by atoms with Gasteiger partial charge in [-0.25, -0.2) is 0 Å². The van der Waals surface area contributed by atoms with Crippen molar-refractivity contribution in [2.75, 3.05) is 0 Å². The summed E-state index contributed by atoms with van der Waals surface area (Å²) in [6.45, 7) is 2.06. The molecule has 0 spiro atoms. The van der Waals surface area contributed by atoms with Gasteiger partial charge in [-0.3, -0.25) is 0 Å². The third-order valence-electron chi connectivity index (χ3n) is 2.30. The lowest BCUT2D eigenvalue weighted by atomic mass is 10.0. The molecule has 2 heteroatoms. The lowest BCUT2D eigenvalue weighted by molar-refractivity contribution is 0.562. The highest BCUT2D eigenvalue weighted by molar-refractivity contribution is 5.31. The van der Waals surface area contributed by atoms with E-state index in [9.17, 15) is 0 Å². The summed E-state index contributed by atoms with van der Waals surface area (Å²) >= 11 is 0. The minimum atomic E-state index is -0.0892. The smallest absolute Gasteiger partial charge is 0.0953 e. The number of furan rings is 1. The Labute approximate surface area is 83.4 Å². The van der Waals surface area contributed by atoms with Crippen molar-refractivity contribution in [3.63, 3.8) is 0 Å².